The number of halogens is 1. The molecule has 0 aliphatic carbocycles. The molecule has 0 bridgehead atoms. The van der Waals surface area contributed by atoms with Crippen molar-refractivity contribution >= 4 is 0 Å². The van der Waals surface area contributed by atoms with Gasteiger partial charge < -0.3 is 15.3 Å². The molecule has 0 saturated carbocycles. The van der Waals surface area contributed by atoms with Crippen LogP contribution in [0, 0.1) is 12.7 Å². The summed E-state index contributed by atoms with van der Waals surface area (Å²) in [6.45, 7) is 7.03. The topological polar surface area (TPSA) is 35.5 Å². The molecule has 1 fully saturated rings. The Labute approximate surface area is 101 Å². The lowest BCUT2D eigenvalue weighted by atomic mass is 10.0. The van der Waals surface area contributed by atoms with Crippen molar-refractivity contribution in [1.82, 2.24) is 10.2 Å². The first-order valence-corrected chi connectivity index (χ1v) is 6.08. The van der Waals surface area contributed by atoms with Crippen molar-refractivity contribution < 1.29 is 9.50 Å². The lowest BCUT2D eigenvalue weighted by Crippen LogP contribution is -2.44. The minimum atomic E-state index is -0.522. The Morgan fingerprint density at radius 1 is 1.35 bits per heavy atom. The second-order valence-electron chi connectivity index (χ2n) is 4.57. The third-order valence-corrected chi connectivity index (χ3v) is 3.31. The zero-order valence-corrected chi connectivity index (χ0v) is 10.2. The average molecular weight is 238 g/mol. The van der Waals surface area contributed by atoms with Crippen LogP contribution < -0.4 is 5.32 Å². The molecular formula is C13H19FN2O. The van der Waals surface area contributed by atoms with Crippen molar-refractivity contribution in [2.45, 2.75) is 13.3 Å². The molecule has 1 aromatic carbocycles. The maximum absolute atomic E-state index is 13.3. The minimum Gasteiger partial charge on any atom is -0.505 e. The van der Waals surface area contributed by atoms with Gasteiger partial charge in [-0.2, -0.15) is 0 Å². The first-order valence-electron chi connectivity index (χ1n) is 6.08. The second kappa shape index (κ2) is 5.47. The normalized spacial score (nSPS) is 17.3. The van der Waals surface area contributed by atoms with Gasteiger partial charge in [0.15, 0.2) is 11.6 Å². The van der Waals surface area contributed by atoms with Crippen LogP contribution >= 0.6 is 0 Å². The van der Waals surface area contributed by atoms with Crippen molar-refractivity contribution in [2.24, 2.45) is 0 Å². The molecule has 2 rings (SSSR count). The van der Waals surface area contributed by atoms with Crippen LogP contribution in [-0.2, 0) is 6.42 Å². The molecule has 0 spiro atoms. The number of aromatic hydroxyl groups is 1. The summed E-state index contributed by atoms with van der Waals surface area (Å²) in [5.74, 6) is -0.778. The van der Waals surface area contributed by atoms with Gasteiger partial charge in [0.25, 0.3) is 0 Å². The third-order valence-electron chi connectivity index (χ3n) is 3.31. The van der Waals surface area contributed by atoms with Crippen LogP contribution in [0.4, 0.5) is 4.39 Å². The van der Waals surface area contributed by atoms with E-state index in [1.807, 2.05) is 6.92 Å². The second-order valence-corrected chi connectivity index (χ2v) is 4.57. The zero-order chi connectivity index (χ0) is 12.3. The predicted molar refractivity (Wildman–Crippen MR) is 65.8 cm³/mol. The number of phenolic OH excluding ortho intramolecular Hbond substituents is 1. The van der Waals surface area contributed by atoms with Gasteiger partial charge in [-0.1, -0.05) is 0 Å². The summed E-state index contributed by atoms with van der Waals surface area (Å²) in [7, 11) is 0. The van der Waals surface area contributed by atoms with Crippen LogP contribution in [0.1, 0.15) is 11.1 Å². The minimum absolute atomic E-state index is 0.256. The zero-order valence-electron chi connectivity index (χ0n) is 10.2. The first kappa shape index (κ1) is 12.3. The number of hydrogen-bond acceptors (Lipinski definition) is 3. The van der Waals surface area contributed by atoms with E-state index in [-0.39, 0.29) is 5.75 Å². The lowest BCUT2D eigenvalue weighted by Gasteiger charge is -2.27. The van der Waals surface area contributed by atoms with Crippen LogP contribution in [0.25, 0.3) is 0 Å². The molecule has 0 atom stereocenters. The van der Waals surface area contributed by atoms with E-state index in [2.05, 4.69) is 10.2 Å². The molecule has 3 nitrogen and oxygen atoms in total. The Morgan fingerprint density at radius 3 is 2.76 bits per heavy atom. The van der Waals surface area contributed by atoms with Gasteiger partial charge in [0.05, 0.1) is 0 Å². The van der Waals surface area contributed by atoms with Gasteiger partial charge in [-0.15, -0.1) is 0 Å². The third kappa shape index (κ3) is 3.17. The summed E-state index contributed by atoms with van der Waals surface area (Å²) in [6, 6.07) is 2.95. The molecular weight excluding hydrogens is 219 g/mol. The van der Waals surface area contributed by atoms with Crippen LogP contribution in [0.3, 0.4) is 0 Å². The number of aryl methyl sites for hydroxylation is 1. The summed E-state index contributed by atoms with van der Waals surface area (Å²) in [6.07, 6.45) is 0.836. The highest BCUT2D eigenvalue weighted by atomic mass is 19.1. The van der Waals surface area contributed by atoms with E-state index in [4.69, 9.17) is 0 Å². The van der Waals surface area contributed by atoms with Crippen LogP contribution in [0.15, 0.2) is 12.1 Å². The molecule has 1 aromatic rings. The van der Waals surface area contributed by atoms with Crippen LogP contribution in [0.2, 0.25) is 0 Å². The van der Waals surface area contributed by atoms with E-state index in [1.165, 1.54) is 12.1 Å². The Hall–Kier alpha value is -1.13. The van der Waals surface area contributed by atoms with Gasteiger partial charge in [-0.25, -0.2) is 4.39 Å². The number of hydrogen-bond donors (Lipinski definition) is 2. The van der Waals surface area contributed by atoms with E-state index in [1.54, 1.807) is 0 Å². The fourth-order valence-electron chi connectivity index (χ4n) is 2.19. The molecule has 1 aliphatic heterocycles. The highest BCUT2D eigenvalue weighted by molar-refractivity contribution is 5.35. The van der Waals surface area contributed by atoms with Crippen LogP contribution in [-0.4, -0.2) is 42.7 Å². The molecule has 0 amide bonds. The Morgan fingerprint density at radius 2 is 2.06 bits per heavy atom. The molecule has 0 unspecified atom stereocenters. The number of phenols is 1. The Kier molecular flexibility index (Phi) is 3.97. The van der Waals surface area contributed by atoms with E-state index < -0.39 is 5.82 Å². The van der Waals surface area contributed by atoms with Gasteiger partial charge in [0, 0.05) is 32.7 Å². The highest BCUT2D eigenvalue weighted by Gasteiger charge is 2.11. The van der Waals surface area contributed by atoms with Gasteiger partial charge in [-0.05, 0) is 36.6 Å². The maximum atomic E-state index is 13.3. The Balaban J connectivity index is 1.96. The maximum Gasteiger partial charge on any atom is 0.165 e. The summed E-state index contributed by atoms with van der Waals surface area (Å²) >= 11 is 0. The van der Waals surface area contributed by atoms with E-state index in [9.17, 15) is 9.50 Å². The molecule has 0 aromatic heterocycles. The number of rotatable bonds is 3. The van der Waals surface area contributed by atoms with E-state index >= 15 is 0 Å². The molecule has 0 radical (unpaired) electrons. The van der Waals surface area contributed by atoms with Crippen molar-refractivity contribution in [3.05, 3.63) is 29.1 Å². The number of nitrogens with one attached hydrogen (secondary N) is 1. The van der Waals surface area contributed by atoms with Crippen molar-refractivity contribution in [3.63, 3.8) is 0 Å². The van der Waals surface area contributed by atoms with Crippen molar-refractivity contribution in [2.75, 3.05) is 32.7 Å². The van der Waals surface area contributed by atoms with E-state index in [0.717, 1.165) is 50.3 Å². The van der Waals surface area contributed by atoms with E-state index in [0.29, 0.717) is 0 Å². The van der Waals surface area contributed by atoms with Crippen LogP contribution in [0.5, 0.6) is 5.75 Å². The predicted octanol–water partition coefficient (Wildman–Crippen LogP) is 1.29. The molecule has 17 heavy (non-hydrogen) atoms. The molecule has 2 N–H and O–H groups in total. The van der Waals surface area contributed by atoms with Gasteiger partial charge in [-0.3, -0.25) is 0 Å². The fraction of sp³-hybridized carbons (Fsp3) is 0.538. The van der Waals surface area contributed by atoms with Crippen molar-refractivity contribution in [1.29, 1.82) is 0 Å². The quantitative estimate of drug-likeness (QED) is 0.833. The summed E-state index contributed by atoms with van der Waals surface area (Å²) in [5, 5.41) is 12.6. The van der Waals surface area contributed by atoms with Crippen molar-refractivity contribution in [3.8, 4) is 5.75 Å². The largest absolute Gasteiger partial charge is 0.505 e. The lowest BCUT2D eigenvalue weighted by molar-refractivity contribution is 0.243. The fourth-order valence-corrected chi connectivity index (χ4v) is 2.19. The first-order chi connectivity index (χ1) is 8.16. The molecule has 1 saturated heterocycles. The smallest absolute Gasteiger partial charge is 0.165 e. The standard InChI is InChI=1S/C13H19FN2O/c1-10-8-13(17)12(14)9-11(10)2-5-16-6-3-15-4-7-16/h8-9,15,17H,2-7H2,1H3. The molecule has 4 heteroatoms. The number of benzene rings is 1. The van der Waals surface area contributed by atoms with Gasteiger partial charge in [0.2, 0.25) is 0 Å². The summed E-state index contributed by atoms with van der Waals surface area (Å²) in [5.41, 5.74) is 1.94. The Bertz CT molecular complexity index is 389. The molecule has 1 aliphatic rings. The summed E-state index contributed by atoms with van der Waals surface area (Å²) in [4.78, 5) is 2.38. The van der Waals surface area contributed by atoms with Gasteiger partial charge >= 0.3 is 0 Å². The molecule has 94 valence electrons. The highest BCUT2D eigenvalue weighted by Crippen LogP contribution is 2.21. The number of nitrogens with zero attached hydrogens (tertiary/aromatic N) is 1. The summed E-state index contributed by atoms with van der Waals surface area (Å²) < 4.78 is 13.3. The molecule has 1 heterocycles. The number of piperazine rings is 1. The average Bonchev–Trinajstić information content (AvgIpc) is 2.33. The monoisotopic (exact) mass is 238 g/mol. The SMILES string of the molecule is Cc1cc(O)c(F)cc1CCN1CCNCC1. The van der Waals surface area contributed by atoms with Gasteiger partial charge in [0.1, 0.15) is 0 Å².